The first-order valence-corrected chi connectivity index (χ1v) is 13.5. The predicted octanol–water partition coefficient (Wildman–Crippen LogP) is 5.15. The van der Waals surface area contributed by atoms with Crippen LogP contribution in [0, 0.1) is 13.8 Å². The summed E-state index contributed by atoms with van der Waals surface area (Å²) in [5.74, 6) is -0.376. The van der Waals surface area contributed by atoms with Gasteiger partial charge in [0.05, 0.1) is 0 Å². The number of carbonyl (C=O) groups is 3. The van der Waals surface area contributed by atoms with Crippen LogP contribution in [0.3, 0.4) is 0 Å². The van der Waals surface area contributed by atoms with Crippen molar-refractivity contribution in [1.29, 1.82) is 0 Å². The normalized spacial score (nSPS) is 13.1. The van der Waals surface area contributed by atoms with E-state index in [9.17, 15) is 14.4 Å². The van der Waals surface area contributed by atoms with E-state index in [-0.39, 0.29) is 24.4 Å². The highest BCUT2D eigenvalue weighted by atomic mass is 16.2. The smallest absolute Gasteiger partial charge is 0.321 e. The Kier molecular flexibility index (Phi) is 9.20. The van der Waals surface area contributed by atoms with Crippen LogP contribution in [0.4, 0.5) is 21.9 Å². The van der Waals surface area contributed by atoms with Crippen molar-refractivity contribution in [1.82, 2.24) is 9.80 Å². The van der Waals surface area contributed by atoms with E-state index in [1.165, 1.54) is 0 Å². The number of benzene rings is 3. The molecular weight excluding hydrogens is 490 g/mol. The molecule has 8 heteroatoms. The maximum Gasteiger partial charge on any atom is 0.321 e. The number of hydrogen-bond donors (Lipinski definition) is 2. The molecule has 4 amide bonds. The van der Waals surface area contributed by atoms with Crippen LogP contribution in [0.15, 0.2) is 72.8 Å². The summed E-state index contributed by atoms with van der Waals surface area (Å²) in [4.78, 5) is 44.0. The Morgan fingerprint density at radius 2 is 1.28 bits per heavy atom. The van der Waals surface area contributed by atoms with Crippen molar-refractivity contribution in [3.8, 4) is 0 Å². The number of nitrogens with one attached hydrogen (secondary N) is 2. The van der Waals surface area contributed by atoms with Crippen LogP contribution in [0.2, 0.25) is 0 Å². The van der Waals surface area contributed by atoms with Gasteiger partial charge >= 0.3 is 6.03 Å². The van der Waals surface area contributed by atoms with E-state index < -0.39 is 0 Å². The number of nitrogens with zero attached hydrogens (tertiary/aromatic N) is 3. The van der Waals surface area contributed by atoms with Gasteiger partial charge in [0.2, 0.25) is 5.91 Å². The van der Waals surface area contributed by atoms with Gasteiger partial charge in [-0.2, -0.15) is 0 Å². The van der Waals surface area contributed by atoms with E-state index in [4.69, 9.17) is 0 Å². The SMILES string of the molecule is CCCN(CC(=O)Nc1ccc(N2CCN(C(=O)Nc3ccc(C)cc3)CC2)cc1)C(=O)c1ccc(C)cc1. The molecule has 204 valence electrons. The predicted molar refractivity (Wildman–Crippen MR) is 156 cm³/mol. The van der Waals surface area contributed by atoms with Crippen molar-refractivity contribution in [2.75, 3.05) is 54.8 Å². The molecule has 3 aromatic carbocycles. The van der Waals surface area contributed by atoms with Crippen LogP contribution in [0.5, 0.6) is 0 Å². The van der Waals surface area contributed by atoms with Gasteiger partial charge in [-0.25, -0.2) is 4.79 Å². The third-order valence-electron chi connectivity index (χ3n) is 6.80. The zero-order valence-electron chi connectivity index (χ0n) is 22.9. The molecule has 1 heterocycles. The van der Waals surface area contributed by atoms with Gasteiger partial charge in [-0.1, -0.05) is 42.3 Å². The maximum atomic E-state index is 12.9. The first-order chi connectivity index (χ1) is 18.8. The Balaban J connectivity index is 1.27. The topological polar surface area (TPSA) is 85.0 Å². The monoisotopic (exact) mass is 527 g/mol. The van der Waals surface area contributed by atoms with Gasteiger partial charge in [0.15, 0.2) is 0 Å². The molecule has 0 spiro atoms. The summed E-state index contributed by atoms with van der Waals surface area (Å²) >= 11 is 0. The lowest BCUT2D eigenvalue weighted by molar-refractivity contribution is -0.116. The lowest BCUT2D eigenvalue weighted by Gasteiger charge is -2.36. The second-order valence-electron chi connectivity index (χ2n) is 9.96. The van der Waals surface area contributed by atoms with E-state index in [0.29, 0.717) is 30.9 Å². The van der Waals surface area contributed by atoms with Crippen molar-refractivity contribution in [3.63, 3.8) is 0 Å². The van der Waals surface area contributed by atoms with E-state index in [1.807, 2.05) is 86.3 Å². The Bertz CT molecular complexity index is 1270. The highest BCUT2D eigenvalue weighted by molar-refractivity contribution is 5.99. The van der Waals surface area contributed by atoms with Crippen LogP contribution in [0.25, 0.3) is 0 Å². The molecule has 0 aromatic heterocycles. The minimum Gasteiger partial charge on any atom is -0.368 e. The lowest BCUT2D eigenvalue weighted by Crippen LogP contribution is -2.50. The number of aryl methyl sites for hydroxylation is 2. The summed E-state index contributed by atoms with van der Waals surface area (Å²) in [6.07, 6.45) is 0.764. The van der Waals surface area contributed by atoms with Crippen molar-refractivity contribution < 1.29 is 14.4 Å². The summed E-state index contributed by atoms with van der Waals surface area (Å²) in [7, 11) is 0. The van der Waals surface area contributed by atoms with Crippen molar-refractivity contribution in [2.24, 2.45) is 0 Å². The Morgan fingerprint density at radius 1 is 0.744 bits per heavy atom. The first-order valence-electron chi connectivity index (χ1n) is 13.5. The number of hydrogen-bond acceptors (Lipinski definition) is 4. The average Bonchev–Trinajstić information content (AvgIpc) is 2.94. The summed E-state index contributed by atoms with van der Waals surface area (Å²) in [6.45, 7) is 9.17. The number of amides is 4. The van der Waals surface area contributed by atoms with Crippen molar-refractivity contribution >= 4 is 34.9 Å². The number of piperazine rings is 1. The Labute approximate surface area is 230 Å². The molecule has 0 unspecified atom stereocenters. The van der Waals surface area contributed by atoms with Gasteiger partial charge in [0, 0.05) is 55.3 Å². The Morgan fingerprint density at radius 3 is 1.87 bits per heavy atom. The zero-order chi connectivity index (χ0) is 27.8. The molecule has 3 aromatic rings. The van der Waals surface area contributed by atoms with E-state index in [2.05, 4.69) is 15.5 Å². The summed E-state index contributed by atoms with van der Waals surface area (Å²) in [5, 5.41) is 5.87. The lowest BCUT2D eigenvalue weighted by atomic mass is 10.1. The average molecular weight is 528 g/mol. The summed E-state index contributed by atoms with van der Waals surface area (Å²) < 4.78 is 0. The molecule has 1 saturated heterocycles. The fourth-order valence-corrected chi connectivity index (χ4v) is 4.54. The largest absolute Gasteiger partial charge is 0.368 e. The standard InChI is InChI=1S/C31H37N5O3/c1-4-17-36(30(38)25-9-5-23(2)6-10-25)22-29(37)32-26-13-15-28(16-14-26)34-18-20-35(21-19-34)31(39)33-27-11-7-24(3)8-12-27/h5-16H,4,17-22H2,1-3H3,(H,32,37)(H,33,39). The number of urea groups is 1. The fourth-order valence-electron chi connectivity index (χ4n) is 4.54. The molecule has 0 radical (unpaired) electrons. The minimum atomic E-state index is -0.232. The second-order valence-corrected chi connectivity index (χ2v) is 9.96. The molecule has 0 bridgehead atoms. The van der Waals surface area contributed by atoms with Gasteiger partial charge in [0.25, 0.3) is 5.91 Å². The highest BCUT2D eigenvalue weighted by Gasteiger charge is 2.22. The van der Waals surface area contributed by atoms with Crippen LogP contribution in [-0.2, 0) is 4.79 Å². The van der Waals surface area contributed by atoms with Crippen LogP contribution in [0.1, 0.15) is 34.8 Å². The van der Waals surface area contributed by atoms with Gasteiger partial charge in [-0.05, 0) is 68.8 Å². The van der Waals surface area contributed by atoms with Gasteiger partial charge in [0.1, 0.15) is 6.54 Å². The number of carbonyl (C=O) groups excluding carboxylic acids is 3. The zero-order valence-corrected chi connectivity index (χ0v) is 22.9. The van der Waals surface area contributed by atoms with E-state index in [1.54, 1.807) is 17.0 Å². The first kappa shape index (κ1) is 27.7. The molecule has 1 aliphatic heterocycles. The van der Waals surface area contributed by atoms with Gasteiger partial charge in [-0.3, -0.25) is 9.59 Å². The fraction of sp³-hybridized carbons (Fsp3) is 0.323. The Hall–Kier alpha value is -4.33. The van der Waals surface area contributed by atoms with Gasteiger partial charge < -0.3 is 25.3 Å². The third kappa shape index (κ3) is 7.60. The molecule has 0 aliphatic carbocycles. The summed E-state index contributed by atoms with van der Waals surface area (Å²) in [5.41, 5.74) is 5.33. The molecular formula is C31H37N5O3. The van der Waals surface area contributed by atoms with Crippen LogP contribution >= 0.6 is 0 Å². The van der Waals surface area contributed by atoms with E-state index >= 15 is 0 Å². The molecule has 1 aliphatic rings. The van der Waals surface area contributed by atoms with Gasteiger partial charge in [-0.15, -0.1) is 0 Å². The number of rotatable bonds is 8. The second kappa shape index (κ2) is 13.0. The molecule has 2 N–H and O–H groups in total. The quantitative estimate of drug-likeness (QED) is 0.424. The molecule has 4 rings (SSSR count). The van der Waals surface area contributed by atoms with E-state index in [0.717, 1.165) is 42.0 Å². The molecule has 8 nitrogen and oxygen atoms in total. The molecule has 0 atom stereocenters. The third-order valence-corrected chi connectivity index (χ3v) is 6.80. The van der Waals surface area contributed by atoms with Crippen LogP contribution < -0.4 is 15.5 Å². The molecule has 0 saturated carbocycles. The van der Waals surface area contributed by atoms with Crippen molar-refractivity contribution in [3.05, 3.63) is 89.5 Å². The molecule has 39 heavy (non-hydrogen) atoms. The maximum absolute atomic E-state index is 12.9. The van der Waals surface area contributed by atoms with Crippen LogP contribution in [-0.4, -0.2) is 66.9 Å². The highest BCUT2D eigenvalue weighted by Crippen LogP contribution is 2.20. The molecule has 1 fully saturated rings. The number of anilines is 3. The van der Waals surface area contributed by atoms with Crippen molar-refractivity contribution in [2.45, 2.75) is 27.2 Å². The summed E-state index contributed by atoms with van der Waals surface area (Å²) in [6, 6.07) is 22.8. The minimum absolute atomic E-state index is 0.00505.